The third-order valence-electron chi connectivity index (χ3n) is 3.85. The van der Waals surface area contributed by atoms with E-state index in [1.807, 2.05) is 42.8 Å². The quantitative estimate of drug-likeness (QED) is 0.939. The van der Waals surface area contributed by atoms with E-state index in [0.29, 0.717) is 6.54 Å². The smallest absolute Gasteiger partial charge is 0.238 e. The summed E-state index contributed by atoms with van der Waals surface area (Å²) in [6.07, 6.45) is 1.84. The maximum absolute atomic E-state index is 12.2. The van der Waals surface area contributed by atoms with E-state index in [1.54, 1.807) is 11.3 Å². The van der Waals surface area contributed by atoms with Crippen LogP contribution in [0.2, 0.25) is 0 Å². The number of anilines is 2. The van der Waals surface area contributed by atoms with E-state index < -0.39 is 0 Å². The number of amides is 1. The van der Waals surface area contributed by atoms with Crippen LogP contribution >= 0.6 is 11.3 Å². The lowest BCUT2D eigenvalue weighted by atomic mass is 10.2. The van der Waals surface area contributed by atoms with E-state index in [1.165, 1.54) is 0 Å². The lowest BCUT2D eigenvalue weighted by molar-refractivity contribution is -0.117. The van der Waals surface area contributed by atoms with Crippen molar-refractivity contribution in [2.45, 2.75) is 6.92 Å². The van der Waals surface area contributed by atoms with Gasteiger partial charge < -0.3 is 10.2 Å². The third-order valence-corrected chi connectivity index (χ3v) is 4.68. The molecule has 0 unspecified atom stereocenters. The summed E-state index contributed by atoms with van der Waals surface area (Å²) < 4.78 is 0. The molecular formula is C16H20N4OS. The third kappa shape index (κ3) is 3.64. The molecule has 1 fully saturated rings. The van der Waals surface area contributed by atoms with Crippen LogP contribution < -0.4 is 10.2 Å². The van der Waals surface area contributed by atoms with Crippen molar-refractivity contribution in [2.75, 3.05) is 42.9 Å². The average molecular weight is 316 g/mol. The molecule has 1 aliphatic heterocycles. The maximum atomic E-state index is 12.2. The van der Waals surface area contributed by atoms with Gasteiger partial charge in [0, 0.05) is 43.4 Å². The highest BCUT2D eigenvalue weighted by Crippen LogP contribution is 2.19. The Morgan fingerprint density at radius 1 is 1.27 bits per heavy atom. The van der Waals surface area contributed by atoms with Gasteiger partial charge in [-0.25, -0.2) is 4.98 Å². The number of carbonyl (C=O) groups excluding carboxylic acids is 1. The van der Waals surface area contributed by atoms with Crippen molar-refractivity contribution >= 4 is 28.1 Å². The summed E-state index contributed by atoms with van der Waals surface area (Å²) in [7, 11) is 0. The molecule has 6 heteroatoms. The van der Waals surface area contributed by atoms with Crippen molar-refractivity contribution in [1.29, 1.82) is 0 Å². The van der Waals surface area contributed by atoms with Gasteiger partial charge in [0.15, 0.2) is 5.13 Å². The lowest BCUT2D eigenvalue weighted by Gasteiger charge is -2.34. The van der Waals surface area contributed by atoms with Crippen molar-refractivity contribution in [2.24, 2.45) is 0 Å². The number of hydrogen-bond acceptors (Lipinski definition) is 5. The molecule has 1 aromatic carbocycles. The van der Waals surface area contributed by atoms with Gasteiger partial charge in [-0.1, -0.05) is 18.2 Å². The summed E-state index contributed by atoms with van der Waals surface area (Å²) in [5.74, 6) is 0.0528. The number of aromatic nitrogens is 1. The van der Waals surface area contributed by atoms with Crippen LogP contribution in [-0.4, -0.2) is 48.5 Å². The van der Waals surface area contributed by atoms with E-state index in [-0.39, 0.29) is 5.91 Å². The Hall–Kier alpha value is -1.92. The molecule has 116 valence electrons. The minimum absolute atomic E-state index is 0.0528. The predicted octanol–water partition coefficient (Wildman–Crippen LogP) is 2.21. The number of thiazole rings is 1. The van der Waals surface area contributed by atoms with Gasteiger partial charge in [0.05, 0.1) is 6.54 Å². The molecule has 1 N–H and O–H groups in total. The maximum Gasteiger partial charge on any atom is 0.238 e. The fourth-order valence-electron chi connectivity index (χ4n) is 2.58. The molecule has 5 nitrogen and oxygen atoms in total. The average Bonchev–Trinajstić information content (AvgIpc) is 3.05. The van der Waals surface area contributed by atoms with Gasteiger partial charge in [-0.15, -0.1) is 11.3 Å². The van der Waals surface area contributed by atoms with Crippen LogP contribution in [0.4, 0.5) is 10.8 Å². The van der Waals surface area contributed by atoms with Gasteiger partial charge in [-0.2, -0.15) is 0 Å². The SMILES string of the molecule is Cc1ccccc1NC(=O)CN1CCN(c2nccs2)CC1. The fraction of sp³-hybridized carbons (Fsp3) is 0.375. The lowest BCUT2D eigenvalue weighted by Crippen LogP contribution is -2.48. The number of aryl methyl sites for hydroxylation is 1. The molecule has 0 bridgehead atoms. The fourth-order valence-corrected chi connectivity index (χ4v) is 3.27. The normalized spacial score (nSPS) is 15.8. The van der Waals surface area contributed by atoms with Crippen LogP contribution in [0.25, 0.3) is 0 Å². The summed E-state index contributed by atoms with van der Waals surface area (Å²) in [5, 5.41) is 6.06. The summed E-state index contributed by atoms with van der Waals surface area (Å²) in [4.78, 5) is 21.0. The van der Waals surface area contributed by atoms with E-state index in [2.05, 4.69) is 20.1 Å². The van der Waals surface area contributed by atoms with E-state index >= 15 is 0 Å². The monoisotopic (exact) mass is 316 g/mol. The van der Waals surface area contributed by atoms with Crippen LogP contribution in [0.5, 0.6) is 0 Å². The van der Waals surface area contributed by atoms with Crippen molar-refractivity contribution in [3.63, 3.8) is 0 Å². The highest BCUT2D eigenvalue weighted by Gasteiger charge is 2.20. The molecule has 1 saturated heterocycles. The number of nitrogens with zero attached hydrogens (tertiary/aromatic N) is 3. The molecular weight excluding hydrogens is 296 g/mol. The number of hydrogen-bond donors (Lipinski definition) is 1. The van der Waals surface area contributed by atoms with Crippen LogP contribution in [0.15, 0.2) is 35.8 Å². The predicted molar refractivity (Wildman–Crippen MR) is 90.6 cm³/mol. The van der Waals surface area contributed by atoms with Crippen molar-refractivity contribution in [3.05, 3.63) is 41.4 Å². The second kappa shape index (κ2) is 6.89. The highest BCUT2D eigenvalue weighted by atomic mass is 32.1. The second-order valence-electron chi connectivity index (χ2n) is 5.44. The van der Waals surface area contributed by atoms with Crippen LogP contribution in [0.3, 0.4) is 0 Å². The molecule has 1 amide bonds. The Kier molecular flexibility index (Phi) is 4.70. The Bertz CT molecular complexity index is 621. The first-order valence-corrected chi connectivity index (χ1v) is 8.32. The molecule has 0 aliphatic carbocycles. The molecule has 0 atom stereocenters. The highest BCUT2D eigenvalue weighted by molar-refractivity contribution is 7.13. The molecule has 2 heterocycles. The van der Waals surface area contributed by atoms with Crippen LogP contribution in [0.1, 0.15) is 5.56 Å². The summed E-state index contributed by atoms with van der Waals surface area (Å²) in [6, 6.07) is 7.86. The standard InChI is InChI=1S/C16H20N4OS/c1-13-4-2-3-5-14(13)18-15(21)12-19-7-9-20(10-8-19)16-17-6-11-22-16/h2-6,11H,7-10,12H2,1H3,(H,18,21). The molecule has 0 saturated carbocycles. The van der Waals surface area contributed by atoms with Crippen molar-refractivity contribution < 1.29 is 4.79 Å². The Morgan fingerprint density at radius 3 is 2.73 bits per heavy atom. The number of piperazine rings is 1. The van der Waals surface area contributed by atoms with Crippen LogP contribution in [0, 0.1) is 6.92 Å². The molecule has 0 spiro atoms. The first-order valence-electron chi connectivity index (χ1n) is 7.44. The van der Waals surface area contributed by atoms with Crippen molar-refractivity contribution in [1.82, 2.24) is 9.88 Å². The Balaban J connectivity index is 1.48. The molecule has 1 aliphatic rings. The van der Waals surface area contributed by atoms with Gasteiger partial charge >= 0.3 is 0 Å². The molecule has 22 heavy (non-hydrogen) atoms. The van der Waals surface area contributed by atoms with Gasteiger partial charge in [-0.3, -0.25) is 9.69 Å². The summed E-state index contributed by atoms with van der Waals surface area (Å²) >= 11 is 1.66. The van der Waals surface area contributed by atoms with Crippen LogP contribution in [-0.2, 0) is 4.79 Å². The van der Waals surface area contributed by atoms with Gasteiger partial charge in [0.25, 0.3) is 0 Å². The first kappa shape index (κ1) is 15.0. The Morgan fingerprint density at radius 2 is 2.05 bits per heavy atom. The number of carbonyl (C=O) groups is 1. The van der Waals surface area contributed by atoms with E-state index in [9.17, 15) is 4.79 Å². The minimum Gasteiger partial charge on any atom is -0.346 e. The molecule has 0 radical (unpaired) electrons. The van der Waals surface area contributed by atoms with Gasteiger partial charge in [-0.05, 0) is 18.6 Å². The second-order valence-corrected chi connectivity index (χ2v) is 6.31. The summed E-state index contributed by atoms with van der Waals surface area (Å²) in [5.41, 5.74) is 1.98. The van der Waals surface area contributed by atoms with Gasteiger partial charge in [0.1, 0.15) is 0 Å². The van der Waals surface area contributed by atoms with Crippen molar-refractivity contribution in [3.8, 4) is 0 Å². The molecule has 3 rings (SSSR count). The first-order chi connectivity index (χ1) is 10.7. The zero-order chi connectivity index (χ0) is 15.4. The summed E-state index contributed by atoms with van der Waals surface area (Å²) in [6.45, 7) is 6.07. The number of benzene rings is 1. The largest absolute Gasteiger partial charge is 0.346 e. The minimum atomic E-state index is 0.0528. The van der Waals surface area contributed by atoms with Gasteiger partial charge in [0.2, 0.25) is 5.91 Å². The van der Waals surface area contributed by atoms with E-state index in [4.69, 9.17) is 0 Å². The zero-order valence-electron chi connectivity index (χ0n) is 12.7. The van der Waals surface area contributed by atoms with E-state index in [0.717, 1.165) is 42.6 Å². The number of para-hydroxylation sites is 1. The Labute approximate surface area is 134 Å². The molecule has 2 aromatic rings. The topological polar surface area (TPSA) is 48.5 Å². The number of nitrogens with one attached hydrogen (secondary N) is 1. The number of rotatable bonds is 4. The molecule has 1 aromatic heterocycles. The zero-order valence-corrected chi connectivity index (χ0v) is 13.5.